The van der Waals surface area contributed by atoms with E-state index in [4.69, 9.17) is 4.74 Å². The quantitative estimate of drug-likeness (QED) is 0.614. The fraction of sp³-hybridized carbons (Fsp3) is 0.500. The highest BCUT2D eigenvalue weighted by atomic mass is 16.6. The van der Waals surface area contributed by atoms with Gasteiger partial charge in [-0.3, -0.25) is 14.9 Å². The second-order valence-corrected chi connectivity index (χ2v) is 5.04. The molecule has 0 fully saturated rings. The summed E-state index contributed by atoms with van der Waals surface area (Å²) in [6, 6.07) is 4.29. The predicted octanol–water partition coefficient (Wildman–Crippen LogP) is 2.86. The van der Waals surface area contributed by atoms with Crippen molar-refractivity contribution in [3.05, 3.63) is 33.9 Å². The Kier molecular flexibility index (Phi) is 5.07. The fourth-order valence-corrected chi connectivity index (χ4v) is 2.18. The van der Waals surface area contributed by atoms with E-state index in [2.05, 4.69) is 0 Å². The number of benzene rings is 1. The third-order valence-electron chi connectivity index (χ3n) is 2.97. The molecule has 110 valence electrons. The molecule has 0 saturated heterocycles. The number of nitro groups is 1. The first-order valence-electron chi connectivity index (χ1n) is 6.44. The van der Waals surface area contributed by atoms with Crippen molar-refractivity contribution in [3.63, 3.8) is 0 Å². The number of ether oxygens (including phenoxy) is 1. The first kappa shape index (κ1) is 15.9. The molecular weight excluding hydrogens is 260 g/mol. The molecule has 0 atom stereocenters. The molecule has 6 heteroatoms. The first-order chi connectivity index (χ1) is 9.29. The summed E-state index contributed by atoms with van der Waals surface area (Å²) in [4.78, 5) is 24.6. The van der Waals surface area contributed by atoms with Gasteiger partial charge in [-0.25, -0.2) is 0 Å². The van der Waals surface area contributed by atoms with Crippen LogP contribution in [0, 0.1) is 10.1 Å². The number of carbonyl (C=O) groups is 1. The number of amides is 1. The van der Waals surface area contributed by atoms with E-state index in [1.165, 1.54) is 19.2 Å². The van der Waals surface area contributed by atoms with Crippen molar-refractivity contribution in [3.8, 4) is 5.75 Å². The second-order valence-electron chi connectivity index (χ2n) is 5.04. The van der Waals surface area contributed by atoms with E-state index in [-0.39, 0.29) is 29.4 Å². The van der Waals surface area contributed by atoms with Crippen molar-refractivity contribution < 1.29 is 14.5 Å². The summed E-state index contributed by atoms with van der Waals surface area (Å²) in [6.07, 6.45) is 0. The van der Waals surface area contributed by atoms with E-state index in [0.717, 1.165) is 0 Å². The topological polar surface area (TPSA) is 72.7 Å². The standard InChI is InChI=1S/C14H20N2O4/c1-9(2)15(10(3)4)14(17)11-6-7-13(20-5)12(8-11)16(18)19/h6-10H,1-5H3. The molecule has 0 bridgehead atoms. The summed E-state index contributed by atoms with van der Waals surface area (Å²) < 4.78 is 4.93. The Labute approximate surface area is 118 Å². The predicted molar refractivity (Wildman–Crippen MR) is 76.1 cm³/mol. The molecule has 1 aromatic rings. The van der Waals surface area contributed by atoms with Gasteiger partial charge in [0.25, 0.3) is 5.91 Å². The molecule has 0 aliphatic carbocycles. The van der Waals surface area contributed by atoms with Gasteiger partial charge in [0.2, 0.25) is 0 Å². The zero-order valence-corrected chi connectivity index (χ0v) is 12.4. The maximum atomic E-state index is 12.5. The number of nitrogens with zero attached hydrogens (tertiary/aromatic N) is 2. The molecule has 0 aromatic heterocycles. The lowest BCUT2D eigenvalue weighted by Gasteiger charge is -2.30. The zero-order chi connectivity index (χ0) is 15.4. The van der Waals surface area contributed by atoms with Crippen molar-refractivity contribution in [2.75, 3.05) is 7.11 Å². The van der Waals surface area contributed by atoms with Crippen LogP contribution in [0.15, 0.2) is 18.2 Å². The molecule has 0 radical (unpaired) electrons. The van der Waals surface area contributed by atoms with Crippen LogP contribution < -0.4 is 4.74 Å². The average molecular weight is 280 g/mol. The monoisotopic (exact) mass is 280 g/mol. The van der Waals surface area contributed by atoms with Crippen LogP contribution in [0.2, 0.25) is 0 Å². The van der Waals surface area contributed by atoms with Crippen LogP contribution >= 0.6 is 0 Å². The van der Waals surface area contributed by atoms with Crippen molar-refractivity contribution >= 4 is 11.6 Å². The van der Waals surface area contributed by atoms with Gasteiger partial charge in [0.1, 0.15) is 0 Å². The number of methoxy groups -OCH3 is 1. The van der Waals surface area contributed by atoms with E-state index < -0.39 is 4.92 Å². The van der Waals surface area contributed by atoms with E-state index >= 15 is 0 Å². The molecule has 0 spiro atoms. The SMILES string of the molecule is COc1ccc(C(=O)N(C(C)C)C(C)C)cc1[N+](=O)[O-]. The highest BCUT2D eigenvalue weighted by molar-refractivity contribution is 5.95. The largest absolute Gasteiger partial charge is 0.490 e. The molecule has 0 aliphatic rings. The van der Waals surface area contributed by atoms with Gasteiger partial charge >= 0.3 is 5.69 Å². The maximum Gasteiger partial charge on any atom is 0.311 e. The maximum absolute atomic E-state index is 12.5. The Morgan fingerprint density at radius 1 is 1.25 bits per heavy atom. The van der Waals surface area contributed by atoms with E-state index in [1.807, 2.05) is 27.7 Å². The number of nitro benzene ring substituents is 1. The molecule has 0 aliphatic heterocycles. The van der Waals surface area contributed by atoms with Crippen LogP contribution in [0.4, 0.5) is 5.69 Å². The van der Waals surface area contributed by atoms with Crippen LogP contribution in [0.5, 0.6) is 5.75 Å². The van der Waals surface area contributed by atoms with Gasteiger partial charge in [-0.05, 0) is 39.8 Å². The minimum absolute atomic E-state index is 0.0173. The number of carbonyl (C=O) groups excluding carboxylic acids is 1. The Morgan fingerprint density at radius 3 is 2.20 bits per heavy atom. The van der Waals surface area contributed by atoms with Crippen LogP contribution in [0.25, 0.3) is 0 Å². The lowest BCUT2D eigenvalue weighted by molar-refractivity contribution is -0.385. The molecule has 1 rings (SSSR count). The summed E-state index contributed by atoms with van der Waals surface area (Å²) in [5.74, 6) is -0.0760. The van der Waals surface area contributed by atoms with E-state index in [1.54, 1.807) is 11.0 Å². The molecular formula is C14H20N2O4. The summed E-state index contributed by atoms with van der Waals surface area (Å²) in [6.45, 7) is 7.65. The minimum atomic E-state index is -0.551. The van der Waals surface area contributed by atoms with Crippen LogP contribution in [-0.4, -0.2) is 34.9 Å². The lowest BCUT2D eigenvalue weighted by Crippen LogP contribution is -2.42. The second kappa shape index (κ2) is 6.36. The normalized spacial score (nSPS) is 10.8. The van der Waals surface area contributed by atoms with E-state index in [0.29, 0.717) is 5.56 Å². The first-order valence-corrected chi connectivity index (χ1v) is 6.44. The average Bonchev–Trinajstić information content (AvgIpc) is 2.36. The highest BCUT2D eigenvalue weighted by Gasteiger charge is 2.24. The zero-order valence-electron chi connectivity index (χ0n) is 12.4. The Hall–Kier alpha value is -2.11. The minimum Gasteiger partial charge on any atom is -0.490 e. The third kappa shape index (κ3) is 3.26. The number of hydrogen-bond acceptors (Lipinski definition) is 4. The van der Waals surface area contributed by atoms with Crippen molar-refractivity contribution in [1.29, 1.82) is 0 Å². The van der Waals surface area contributed by atoms with Crippen LogP contribution in [0.3, 0.4) is 0 Å². The van der Waals surface area contributed by atoms with Crippen molar-refractivity contribution in [1.82, 2.24) is 4.90 Å². The molecule has 0 heterocycles. The summed E-state index contributed by atoms with van der Waals surface area (Å²) in [7, 11) is 1.36. The molecule has 0 N–H and O–H groups in total. The van der Waals surface area contributed by atoms with Gasteiger partial charge < -0.3 is 9.64 Å². The highest BCUT2D eigenvalue weighted by Crippen LogP contribution is 2.28. The third-order valence-corrected chi connectivity index (χ3v) is 2.97. The fourth-order valence-electron chi connectivity index (χ4n) is 2.18. The lowest BCUT2D eigenvalue weighted by atomic mass is 10.1. The van der Waals surface area contributed by atoms with Gasteiger partial charge in [-0.15, -0.1) is 0 Å². The molecule has 6 nitrogen and oxygen atoms in total. The van der Waals surface area contributed by atoms with Crippen molar-refractivity contribution in [2.45, 2.75) is 39.8 Å². The van der Waals surface area contributed by atoms with Gasteiger partial charge in [0.15, 0.2) is 5.75 Å². The molecule has 0 unspecified atom stereocenters. The Bertz CT molecular complexity index is 504. The van der Waals surface area contributed by atoms with E-state index in [9.17, 15) is 14.9 Å². The summed E-state index contributed by atoms with van der Waals surface area (Å²) in [5, 5.41) is 11.0. The Balaban J connectivity index is 3.23. The van der Waals surface area contributed by atoms with Gasteiger partial charge in [-0.1, -0.05) is 0 Å². The smallest absolute Gasteiger partial charge is 0.311 e. The summed E-state index contributed by atoms with van der Waals surface area (Å²) in [5.41, 5.74) is 0.0886. The van der Waals surface area contributed by atoms with Crippen LogP contribution in [-0.2, 0) is 0 Å². The van der Waals surface area contributed by atoms with Gasteiger partial charge in [0, 0.05) is 23.7 Å². The molecule has 1 aromatic carbocycles. The molecule has 0 saturated carbocycles. The molecule has 20 heavy (non-hydrogen) atoms. The van der Waals surface area contributed by atoms with Gasteiger partial charge in [0.05, 0.1) is 12.0 Å². The number of rotatable bonds is 5. The summed E-state index contributed by atoms with van der Waals surface area (Å²) >= 11 is 0. The molecule has 1 amide bonds. The van der Waals surface area contributed by atoms with Crippen molar-refractivity contribution in [2.24, 2.45) is 0 Å². The number of hydrogen-bond donors (Lipinski definition) is 0. The van der Waals surface area contributed by atoms with Gasteiger partial charge in [-0.2, -0.15) is 0 Å². The Morgan fingerprint density at radius 2 is 1.80 bits per heavy atom. The van der Waals surface area contributed by atoms with Crippen LogP contribution in [0.1, 0.15) is 38.1 Å².